The maximum Gasteiger partial charge on any atom is 0.258 e. The molecule has 1 heterocycles. The van der Waals surface area contributed by atoms with Gasteiger partial charge in [-0.15, -0.1) is 0 Å². The molecule has 3 nitrogen and oxygen atoms in total. The molecule has 3 N–H and O–H groups in total. The molecule has 1 aromatic carbocycles. The molecule has 0 spiro atoms. The first-order valence-corrected chi connectivity index (χ1v) is 5.63. The van der Waals surface area contributed by atoms with E-state index in [4.69, 9.17) is 5.73 Å². The Bertz CT molecular complexity index is 400. The molecule has 1 aliphatic rings. The van der Waals surface area contributed by atoms with E-state index < -0.39 is 12.0 Å². The van der Waals surface area contributed by atoms with E-state index in [0.29, 0.717) is 25.1 Å². The summed E-state index contributed by atoms with van der Waals surface area (Å²) in [6.07, 6.45) is -1.62. The van der Waals surface area contributed by atoms with Crippen LogP contribution in [0.1, 0.15) is 12.8 Å². The number of anilines is 1. The van der Waals surface area contributed by atoms with Crippen LogP contribution in [0.3, 0.4) is 0 Å². The number of rotatable bonds is 2. The van der Waals surface area contributed by atoms with Crippen LogP contribution in [0.25, 0.3) is 0 Å². The van der Waals surface area contributed by atoms with Crippen molar-refractivity contribution in [3.8, 4) is 5.75 Å². The van der Waals surface area contributed by atoms with Gasteiger partial charge in [0.2, 0.25) is 0 Å². The van der Waals surface area contributed by atoms with Crippen LogP contribution in [0.2, 0.25) is 0 Å². The minimum absolute atomic E-state index is 0.0717. The van der Waals surface area contributed by atoms with Crippen molar-refractivity contribution in [3.63, 3.8) is 0 Å². The summed E-state index contributed by atoms with van der Waals surface area (Å²) < 4.78 is 25.8. The van der Waals surface area contributed by atoms with Gasteiger partial charge < -0.3 is 15.7 Å². The number of piperidine rings is 1. The van der Waals surface area contributed by atoms with Gasteiger partial charge in [0.1, 0.15) is 5.75 Å². The van der Waals surface area contributed by atoms with Crippen LogP contribution in [-0.4, -0.2) is 30.2 Å². The summed E-state index contributed by atoms with van der Waals surface area (Å²) in [5.41, 5.74) is 4.81. The number of nitrogens with zero attached hydrogens (tertiary/aromatic N) is 1. The molecule has 1 aromatic rings. The predicted molar refractivity (Wildman–Crippen MR) is 62.5 cm³/mol. The van der Waals surface area contributed by atoms with Crippen LogP contribution in [0.4, 0.5) is 14.5 Å². The lowest BCUT2D eigenvalue weighted by Gasteiger charge is -2.40. The first-order valence-electron chi connectivity index (χ1n) is 5.63. The number of phenols is 1. The van der Waals surface area contributed by atoms with E-state index in [1.165, 1.54) is 0 Å². The largest absolute Gasteiger partial charge is 0.506 e. The zero-order chi connectivity index (χ0) is 12.5. The van der Waals surface area contributed by atoms with Crippen LogP contribution >= 0.6 is 0 Å². The zero-order valence-corrected chi connectivity index (χ0v) is 9.44. The lowest BCUT2D eigenvalue weighted by atomic mass is 9.90. The number of aromatic hydroxyl groups is 1. The third-order valence-electron chi connectivity index (χ3n) is 3.21. The van der Waals surface area contributed by atoms with Crippen LogP contribution in [0, 0.1) is 0 Å². The molecular weight excluding hydrogens is 226 g/mol. The van der Waals surface area contributed by atoms with Gasteiger partial charge in [-0.05, 0) is 25.0 Å². The van der Waals surface area contributed by atoms with Crippen molar-refractivity contribution < 1.29 is 13.9 Å². The van der Waals surface area contributed by atoms with E-state index in [1.54, 1.807) is 29.2 Å². The van der Waals surface area contributed by atoms with E-state index >= 15 is 0 Å². The van der Waals surface area contributed by atoms with Gasteiger partial charge in [0, 0.05) is 13.1 Å². The average molecular weight is 242 g/mol. The second kappa shape index (κ2) is 4.49. The first kappa shape index (κ1) is 12.1. The van der Waals surface area contributed by atoms with Crippen molar-refractivity contribution in [2.45, 2.75) is 24.8 Å². The summed E-state index contributed by atoms with van der Waals surface area (Å²) in [5.74, 6) is 0.103. The van der Waals surface area contributed by atoms with Crippen molar-refractivity contribution in [2.24, 2.45) is 5.73 Å². The number of phenolic OH excluding ortho intramolecular Hbond substituents is 1. The molecular formula is C12H16F2N2O. The van der Waals surface area contributed by atoms with Crippen molar-refractivity contribution in [1.82, 2.24) is 0 Å². The van der Waals surface area contributed by atoms with Crippen molar-refractivity contribution in [1.29, 1.82) is 0 Å². The Morgan fingerprint density at radius 2 is 2.06 bits per heavy atom. The molecule has 94 valence electrons. The topological polar surface area (TPSA) is 49.5 Å². The summed E-state index contributed by atoms with van der Waals surface area (Å²) in [7, 11) is 0. The van der Waals surface area contributed by atoms with Gasteiger partial charge >= 0.3 is 0 Å². The highest BCUT2D eigenvalue weighted by molar-refractivity contribution is 5.58. The minimum atomic E-state index is -2.55. The molecule has 0 bridgehead atoms. The number of hydrogen-bond donors (Lipinski definition) is 2. The van der Waals surface area contributed by atoms with Crippen LogP contribution in [0.5, 0.6) is 5.75 Å². The monoisotopic (exact) mass is 242 g/mol. The maximum atomic E-state index is 12.9. The van der Waals surface area contributed by atoms with Crippen LogP contribution in [-0.2, 0) is 0 Å². The lowest BCUT2D eigenvalue weighted by Crippen LogP contribution is -2.59. The second-order valence-corrected chi connectivity index (χ2v) is 4.55. The number of alkyl halides is 2. The molecule has 1 fully saturated rings. The van der Waals surface area contributed by atoms with Crippen molar-refractivity contribution in [2.75, 3.05) is 18.0 Å². The molecule has 0 aliphatic carbocycles. The van der Waals surface area contributed by atoms with E-state index in [9.17, 15) is 13.9 Å². The van der Waals surface area contributed by atoms with Crippen molar-refractivity contribution >= 4 is 5.69 Å². The van der Waals surface area contributed by atoms with Gasteiger partial charge in [0.25, 0.3) is 6.43 Å². The Kier molecular flexibility index (Phi) is 3.19. The smallest absolute Gasteiger partial charge is 0.258 e. The highest BCUT2D eigenvalue weighted by Gasteiger charge is 2.40. The SMILES string of the molecule is NC1(C(F)F)CCCN(c2ccccc2O)C1. The van der Waals surface area contributed by atoms with E-state index in [1.807, 2.05) is 0 Å². The molecule has 0 radical (unpaired) electrons. The second-order valence-electron chi connectivity index (χ2n) is 4.55. The maximum absolute atomic E-state index is 12.9. The van der Waals surface area contributed by atoms with Gasteiger partial charge in [0.15, 0.2) is 0 Å². The molecule has 1 aliphatic heterocycles. The molecule has 5 heteroatoms. The molecule has 17 heavy (non-hydrogen) atoms. The van der Waals surface area contributed by atoms with E-state index in [2.05, 4.69) is 0 Å². The highest BCUT2D eigenvalue weighted by atomic mass is 19.3. The fourth-order valence-electron chi connectivity index (χ4n) is 2.23. The zero-order valence-electron chi connectivity index (χ0n) is 9.44. The summed E-state index contributed by atoms with van der Waals surface area (Å²) >= 11 is 0. The Labute approximate surface area is 98.8 Å². The van der Waals surface area contributed by atoms with Crippen LogP contribution < -0.4 is 10.6 Å². The fraction of sp³-hybridized carbons (Fsp3) is 0.500. The predicted octanol–water partition coefficient (Wildman–Crippen LogP) is 1.96. The average Bonchev–Trinajstić information content (AvgIpc) is 2.29. The summed E-state index contributed by atoms with van der Waals surface area (Å²) in [5, 5.41) is 9.70. The summed E-state index contributed by atoms with van der Waals surface area (Å²) in [6.45, 7) is 0.714. The fourth-order valence-corrected chi connectivity index (χ4v) is 2.23. The Hall–Kier alpha value is -1.36. The van der Waals surface area contributed by atoms with Gasteiger partial charge in [-0.1, -0.05) is 12.1 Å². The third-order valence-corrected chi connectivity index (χ3v) is 3.21. The summed E-state index contributed by atoms with van der Waals surface area (Å²) in [6, 6.07) is 6.73. The van der Waals surface area contributed by atoms with Gasteiger partial charge in [0.05, 0.1) is 11.2 Å². The Morgan fingerprint density at radius 1 is 1.35 bits per heavy atom. The Morgan fingerprint density at radius 3 is 2.71 bits per heavy atom. The molecule has 1 atom stereocenters. The molecule has 0 saturated carbocycles. The molecule has 1 saturated heterocycles. The number of benzene rings is 1. The molecule has 0 amide bonds. The normalized spacial score (nSPS) is 25.3. The standard InChI is InChI=1S/C12H16F2N2O/c13-11(14)12(15)6-3-7-16(8-12)9-4-1-2-5-10(9)17/h1-2,4-5,11,17H,3,6-8,15H2. The van der Waals surface area contributed by atoms with Gasteiger partial charge in [-0.2, -0.15) is 0 Å². The number of nitrogens with two attached hydrogens (primary N) is 1. The highest BCUT2D eigenvalue weighted by Crippen LogP contribution is 2.33. The minimum Gasteiger partial charge on any atom is -0.506 e. The molecule has 0 aromatic heterocycles. The van der Waals surface area contributed by atoms with Gasteiger partial charge in [-0.3, -0.25) is 0 Å². The number of halogens is 2. The first-order chi connectivity index (χ1) is 8.03. The van der Waals surface area contributed by atoms with Crippen LogP contribution in [0.15, 0.2) is 24.3 Å². The van der Waals surface area contributed by atoms with Gasteiger partial charge in [-0.25, -0.2) is 8.78 Å². The Balaban J connectivity index is 2.21. The third kappa shape index (κ3) is 2.34. The number of para-hydroxylation sites is 2. The van der Waals surface area contributed by atoms with E-state index in [0.717, 1.165) is 0 Å². The van der Waals surface area contributed by atoms with E-state index in [-0.39, 0.29) is 12.3 Å². The van der Waals surface area contributed by atoms with Crippen molar-refractivity contribution in [3.05, 3.63) is 24.3 Å². The molecule has 2 rings (SSSR count). The number of hydrogen-bond acceptors (Lipinski definition) is 3. The molecule has 1 unspecified atom stereocenters. The summed E-state index contributed by atoms with van der Waals surface area (Å²) in [4.78, 5) is 1.73. The quantitative estimate of drug-likeness (QED) is 0.833. The lowest BCUT2D eigenvalue weighted by molar-refractivity contribution is 0.0447.